The molecule has 0 fully saturated rings. The Morgan fingerprint density at radius 1 is 1.07 bits per heavy atom. The number of amides is 2. The van der Waals surface area contributed by atoms with Crippen molar-refractivity contribution in [1.82, 2.24) is 10.3 Å². The summed E-state index contributed by atoms with van der Waals surface area (Å²) in [5.74, 6) is -0.955. The molecule has 1 aromatic heterocycles. The van der Waals surface area contributed by atoms with E-state index in [-0.39, 0.29) is 35.2 Å². The summed E-state index contributed by atoms with van der Waals surface area (Å²) in [4.78, 5) is 57.5. The van der Waals surface area contributed by atoms with Gasteiger partial charge < -0.3 is 44.2 Å². The molecule has 0 saturated carbocycles. The van der Waals surface area contributed by atoms with Gasteiger partial charge in [0.1, 0.15) is 5.69 Å². The molecule has 0 radical (unpaired) electrons. The number of ether oxygens (including phenoxy) is 5. The second-order valence-electron chi connectivity index (χ2n) is 9.83. The van der Waals surface area contributed by atoms with Gasteiger partial charge >= 0.3 is 12.1 Å². The number of hydrogen-bond acceptors (Lipinski definition) is 10. The number of alkyl halides is 1. The summed E-state index contributed by atoms with van der Waals surface area (Å²) in [5.41, 5.74) is 0.247. The number of nitrogens with one attached hydrogen (secondary N) is 3. The van der Waals surface area contributed by atoms with Gasteiger partial charge in [-0.25, -0.2) is 9.59 Å². The number of nitrogens with zero attached hydrogens (tertiary/aromatic N) is 1. The topological polar surface area (TPSA) is 158 Å². The number of carbonyl (C=O) groups excluding carboxylic acids is 4. The molecule has 3 aromatic rings. The fraction of sp³-hybridized carbons (Fsp3) is 0.357. The van der Waals surface area contributed by atoms with Crippen LogP contribution in [0.4, 0.5) is 16.2 Å². The van der Waals surface area contributed by atoms with E-state index in [1.165, 1.54) is 53.4 Å². The van der Waals surface area contributed by atoms with E-state index in [1.807, 2.05) is 0 Å². The summed E-state index contributed by atoms with van der Waals surface area (Å²) >= 11 is 3.52. The van der Waals surface area contributed by atoms with Gasteiger partial charge in [-0.1, -0.05) is 15.9 Å². The fourth-order valence-electron chi connectivity index (χ4n) is 5.53. The summed E-state index contributed by atoms with van der Waals surface area (Å²) in [5, 5.41) is 6.35. The highest BCUT2D eigenvalue weighted by Crippen LogP contribution is 2.52. The minimum absolute atomic E-state index is 0.0233. The summed E-state index contributed by atoms with van der Waals surface area (Å²) in [6, 6.07) is 4.91. The van der Waals surface area contributed by atoms with Gasteiger partial charge in [-0.3, -0.25) is 9.59 Å². The number of aromatic nitrogens is 1. The minimum atomic E-state index is -1.76. The highest BCUT2D eigenvalue weighted by Gasteiger charge is 2.53. The van der Waals surface area contributed by atoms with Gasteiger partial charge in [0.05, 0.1) is 50.9 Å². The number of carbonyl (C=O) groups is 4. The number of Topliss-reactive ketones (excluding diaryl/α,β-unsaturated/α-hetero) is 1. The van der Waals surface area contributed by atoms with Crippen molar-refractivity contribution in [3.8, 4) is 23.0 Å². The van der Waals surface area contributed by atoms with Crippen molar-refractivity contribution in [3.05, 3.63) is 35.0 Å². The van der Waals surface area contributed by atoms with Crippen LogP contribution < -0.4 is 34.5 Å². The first-order valence-corrected chi connectivity index (χ1v) is 13.9. The van der Waals surface area contributed by atoms with Crippen LogP contribution in [0.2, 0.25) is 0 Å². The number of H-pyrrole nitrogens is 1. The molecule has 0 saturated heterocycles. The number of ketones is 1. The third-order valence-electron chi connectivity index (χ3n) is 7.55. The van der Waals surface area contributed by atoms with Crippen LogP contribution in [-0.2, 0) is 9.53 Å². The Labute approximate surface area is 248 Å². The molecule has 2 aliphatic rings. The lowest BCUT2D eigenvalue weighted by molar-refractivity contribution is -0.143. The average molecular weight is 645 g/mol. The lowest BCUT2D eigenvalue weighted by Crippen LogP contribution is -2.47. The largest absolute Gasteiger partial charge is 0.493 e. The van der Waals surface area contributed by atoms with Crippen LogP contribution in [0.1, 0.15) is 39.3 Å². The third-order valence-corrected chi connectivity index (χ3v) is 8.33. The molecule has 0 aliphatic carbocycles. The first kappa shape index (κ1) is 29.0. The maximum atomic E-state index is 14.1. The number of hydrogen-bond donors (Lipinski definition) is 3. The van der Waals surface area contributed by atoms with Crippen molar-refractivity contribution >= 4 is 62.0 Å². The first-order chi connectivity index (χ1) is 20.1. The summed E-state index contributed by atoms with van der Waals surface area (Å²) < 4.78 is 26.9. The Morgan fingerprint density at radius 3 is 2.38 bits per heavy atom. The van der Waals surface area contributed by atoms with Crippen LogP contribution >= 0.6 is 15.9 Å². The molecule has 3 heterocycles. The van der Waals surface area contributed by atoms with E-state index in [1.54, 1.807) is 12.1 Å². The van der Waals surface area contributed by atoms with Crippen LogP contribution in [0.5, 0.6) is 23.0 Å². The zero-order valence-electron chi connectivity index (χ0n) is 23.7. The molecule has 0 unspecified atom stereocenters. The number of rotatable bonds is 7. The van der Waals surface area contributed by atoms with Gasteiger partial charge in [0.25, 0.3) is 5.91 Å². The Morgan fingerprint density at radius 2 is 1.79 bits per heavy atom. The van der Waals surface area contributed by atoms with Gasteiger partial charge in [0, 0.05) is 36.3 Å². The van der Waals surface area contributed by atoms with Gasteiger partial charge in [0.2, 0.25) is 11.5 Å². The molecular weight excluding hydrogens is 616 g/mol. The van der Waals surface area contributed by atoms with Gasteiger partial charge in [-0.2, -0.15) is 0 Å². The van der Waals surface area contributed by atoms with Crippen LogP contribution in [-0.4, -0.2) is 81.6 Å². The first-order valence-electron chi connectivity index (χ1n) is 12.8. The van der Waals surface area contributed by atoms with Gasteiger partial charge in [0.15, 0.2) is 22.8 Å². The lowest BCUT2D eigenvalue weighted by atomic mass is 9.89. The van der Waals surface area contributed by atoms with Crippen molar-refractivity contribution < 1.29 is 42.9 Å². The molecule has 3 N–H and O–H groups in total. The number of fused-ring (bicyclic) bond motifs is 4. The maximum absolute atomic E-state index is 14.1. The van der Waals surface area contributed by atoms with Crippen molar-refractivity contribution in [3.63, 3.8) is 0 Å². The van der Waals surface area contributed by atoms with E-state index in [0.29, 0.717) is 44.7 Å². The third kappa shape index (κ3) is 4.19. The molecule has 2 aliphatic heterocycles. The second-order valence-corrected chi connectivity index (χ2v) is 10.5. The van der Waals surface area contributed by atoms with E-state index in [4.69, 9.17) is 23.7 Å². The molecule has 13 nitrogen and oxygen atoms in total. The van der Waals surface area contributed by atoms with Crippen LogP contribution in [0.15, 0.2) is 18.2 Å². The Kier molecular flexibility index (Phi) is 7.43. The summed E-state index contributed by atoms with van der Waals surface area (Å²) in [6.07, 6.45) is -0.795. The number of esters is 1. The highest BCUT2D eigenvalue weighted by molar-refractivity contribution is 9.09. The monoisotopic (exact) mass is 644 g/mol. The van der Waals surface area contributed by atoms with Crippen molar-refractivity contribution in [2.75, 3.05) is 57.6 Å². The SMILES string of the molecule is CNC(=O)Oc1cc2c(c3c1N[C@@](C)(C(=O)OC)C3=O)[C@H](CBr)CN2C(=O)c1cc2cc(OC)c(OC)c(OC)c2[nH]1. The second kappa shape index (κ2) is 10.7. The Balaban J connectivity index is 1.67. The molecule has 2 amide bonds. The quantitative estimate of drug-likeness (QED) is 0.197. The zero-order chi connectivity index (χ0) is 30.5. The molecule has 222 valence electrons. The molecule has 0 bridgehead atoms. The summed E-state index contributed by atoms with van der Waals surface area (Å²) in [6.45, 7) is 1.61. The highest BCUT2D eigenvalue weighted by atomic mass is 79.9. The van der Waals surface area contributed by atoms with E-state index >= 15 is 0 Å². The predicted octanol–water partition coefficient (Wildman–Crippen LogP) is 3.59. The van der Waals surface area contributed by atoms with E-state index in [9.17, 15) is 19.2 Å². The molecular formula is C28H29BrN4O9. The number of methoxy groups -OCH3 is 4. The standard InChI is InChI=1S/C28H29BrN4O9/c1-28(26(36)41-6)24(34)19-18-13(10-29)11-33(15(18)9-16(21(19)32-28)42-27(37)30-2)25(35)14-7-12-8-17(38-3)22(39-4)23(40-5)20(12)31-14/h7-9,13,31-32H,10-11H2,1-6H3,(H,30,37)/t13-,28-/m1/s1. The number of aromatic amines is 1. The molecule has 0 spiro atoms. The van der Waals surface area contributed by atoms with E-state index < -0.39 is 29.3 Å². The van der Waals surface area contributed by atoms with Crippen molar-refractivity contribution in [2.45, 2.75) is 18.4 Å². The average Bonchev–Trinajstić information content (AvgIpc) is 3.67. The molecule has 2 atom stereocenters. The van der Waals surface area contributed by atoms with Crippen LogP contribution in [0.25, 0.3) is 10.9 Å². The lowest BCUT2D eigenvalue weighted by Gasteiger charge is -2.20. The normalized spacial score (nSPS) is 18.7. The molecule has 42 heavy (non-hydrogen) atoms. The smallest absolute Gasteiger partial charge is 0.412 e. The minimum Gasteiger partial charge on any atom is -0.493 e. The number of halogens is 1. The molecule has 14 heteroatoms. The van der Waals surface area contributed by atoms with Gasteiger partial charge in [-0.05, 0) is 24.6 Å². The van der Waals surface area contributed by atoms with E-state index in [2.05, 4.69) is 31.5 Å². The van der Waals surface area contributed by atoms with E-state index in [0.717, 1.165) is 0 Å². The molecule has 2 aromatic carbocycles. The van der Waals surface area contributed by atoms with Crippen LogP contribution in [0, 0.1) is 0 Å². The number of anilines is 2. The van der Waals surface area contributed by atoms with Crippen molar-refractivity contribution in [1.29, 1.82) is 0 Å². The van der Waals surface area contributed by atoms with Gasteiger partial charge in [-0.15, -0.1) is 0 Å². The zero-order valence-corrected chi connectivity index (χ0v) is 25.3. The summed E-state index contributed by atoms with van der Waals surface area (Å²) in [7, 11) is 7.04. The predicted molar refractivity (Wildman–Crippen MR) is 156 cm³/mol. The van der Waals surface area contributed by atoms with Crippen molar-refractivity contribution in [2.24, 2.45) is 0 Å². The Hall–Kier alpha value is -4.46. The molecule has 5 rings (SSSR count). The Bertz CT molecular complexity index is 1650. The number of benzene rings is 2. The fourth-order valence-corrected chi connectivity index (χ4v) is 6.05. The maximum Gasteiger partial charge on any atom is 0.412 e. The van der Waals surface area contributed by atoms with Crippen LogP contribution in [0.3, 0.4) is 0 Å².